The number of nitro benzene ring substituents is 1. The Bertz CT molecular complexity index is 1150. The Kier molecular flexibility index (Phi) is 4.69. The lowest BCUT2D eigenvalue weighted by Crippen LogP contribution is -1.93. The second-order valence-electron chi connectivity index (χ2n) is 5.66. The molecule has 0 saturated carbocycles. The quantitative estimate of drug-likeness (QED) is 0.340. The summed E-state index contributed by atoms with van der Waals surface area (Å²) >= 11 is 5.93. The lowest BCUT2D eigenvalue weighted by atomic mass is 10.1. The van der Waals surface area contributed by atoms with Crippen molar-refractivity contribution in [2.45, 2.75) is 0 Å². The van der Waals surface area contributed by atoms with Crippen molar-refractivity contribution in [3.8, 4) is 34.4 Å². The summed E-state index contributed by atoms with van der Waals surface area (Å²) in [5.74, 6) is 1.04. The van der Waals surface area contributed by atoms with Crippen molar-refractivity contribution >= 4 is 17.3 Å². The molecule has 2 heterocycles. The van der Waals surface area contributed by atoms with Crippen molar-refractivity contribution in [2.24, 2.45) is 0 Å². The van der Waals surface area contributed by atoms with Crippen LogP contribution in [0.3, 0.4) is 0 Å². The molecule has 4 aromatic rings. The van der Waals surface area contributed by atoms with Gasteiger partial charge in [-0.3, -0.25) is 15.1 Å². The summed E-state index contributed by atoms with van der Waals surface area (Å²) < 4.78 is 11.5. The molecule has 0 radical (unpaired) electrons. The van der Waals surface area contributed by atoms with Crippen LogP contribution in [0.5, 0.6) is 11.5 Å². The third-order valence-corrected chi connectivity index (χ3v) is 3.96. The van der Waals surface area contributed by atoms with E-state index in [4.69, 9.17) is 20.8 Å². The van der Waals surface area contributed by atoms with E-state index in [0.29, 0.717) is 10.8 Å². The molecule has 2 aromatic heterocycles. The maximum absolute atomic E-state index is 11.2. The van der Waals surface area contributed by atoms with Gasteiger partial charge in [-0.1, -0.05) is 29.8 Å². The lowest BCUT2D eigenvalue weighted by molar-refractivity contribution is -0.384. The van der Waals surface area contributed by atoms with Gasteiger partial charge in [-0.2, -0.15) is 0 Å². The minimum Gasteiger partial charge on any atom is -0.455 e. The monoisotopic (exact) mass is 394 g/mol. The van der Waals surface area contributed by atoms with Crippen LogP contribution in [-0.4, -0.2) is 20.1 Å². The molecular formula is C19H11ClN4O4. The summed E-state index contributed by atoms with van der Waals surface area (Å²) in [6.07, 6.45) is 2.94. The highest BCUT2D eigenvalue weighted by atomic mass is 35.5. The average molecular weight is 395 g/mol. The van der Waals surface area contributed by atoms with Crippen molar-refractivity contribution < 1.29 is 14.1 Å². The highest BCUT2D eigenvalue weighted by molar-refractivity contribution is 6.30. The number of ether oxygens (including phenoxy) is 1. The summed E-state index contributed by atoms with van der Waals surface area (Å²) in [6.45, 7) is 0. The summed E-state index contributed by atoms with van der Waals surface area (Å²) in [6, 6.07) is 14.9. The van der Waals surface area contributed by atoms with Crippen LogP contribution in [-0.2, 0) is 0 Å². The number of rotatable bonds is 5. The molecule has 8 nitrogen and oxygen atoms in total. The van der Waals surface area contributed by atoms with E-state index in [0.717, 1.165) is 5.56 Å². The van der Waals surface area contributed by atoms with Gasteiger partial charge in [0.15, 0.2) is 0 Å². The SMILES string of the molecule is O=[N+]([O-])c1ccc(Oc2cncc(Cl)c2)c(-c2nnc(-c3ccccc3)o2)c1. The molecule has 0 amide bonds. The van der Waals surface area contributed by atoms with E-state index in [2.05, 4.69) is 15.2 Å². The average Bonchev–Trinajstić information content (AvgIpc) is 3.19. The molecule has 28 heavy (non-hydrogen) atoms. The zero-order chi connectivity index (χ0) is 19.5. The van der Waals surface area contributed by atoms with Crippen LogP contribution < -0.4 is 4.74 Å². The van der Waals surface area contributed by atoms with Crippen molar-refractivity contribution in [1.29, 1.82) is 0 Å². The molecule has 0 fully saturated rings. The molecule has 4 rings (SSSR count). The number of non-ortho nitro benzene ring substituents is 1. The second-order valence-corrected chi connectivity index (χ2v) is 6.09. The number of pyridine rings is 1. The number of hydrogen-bond acceptors (Lipinski definition) is 7. The summed E-state index contributed by atoms with van der Waals surface area (Å²) in [7, 11) is 0. The van der Waals surface area contributed by atoms with E-state index in [-0.39, 0.29) is 28.8 Å². The molecule has 0 spiro atoms. The number of aromatic nitrogens is 3. The van der Waals surface area contributed by atoms with Crippen molar-refractivity contribution in [3.05, 3.63) is 82.1 Å². The van der Waals surface area contributed by atoms with Gasteiger partial charge in [0.05, 0.1) is 21.7 Å². The van der Waals surface area contributed by atoms with Crippen molar-refractivity contribution in [3.63, 3.8) is 0 Å². The van der Waals surface area contributed by atoms with Gasteiger partial charge in [-0.15, -0.1) is 10.2 Å². The molecular weight excluding hydrogens is 384 g/mol. The Labute approximate surface area is 163 Å². The summed E-state index contributed by atoms with van der Waals surface area (Å²) in [5.41, 5.74) is 0.878. The third kappa shape index (κ3) is 3.67. The third-order valence-electron chi connectivity index (χ3n) is 3.76. The highest BCUT2D eigenvalue weighted by Gasteiger charge is 2.19. The molecule has 9 heteroatoms. The van der Waals surface area contributed by atoms with Gasteiger partial charge in [0, 0.05) is 30.0 Å². The standard InChI is InChI=1S/C19H11ClN4O4/c20-13-8-15(11-21-10-13)27-17-7-6-14(24(25)26)9-16(17)19-23-22-18(28-19)12-4-2-1-3-5-12/h1-11H. The van der Waals surface area contributed by atoms with E-state index >= 15 is 0 Å². The Balaban J connectivity index is 1.77. The fourth-order valence-electron chi connectivity index (χ4n) is 2.49. The number of halogens is 1. The molecule has 0 atom stereocenters. The smallest absolute Gasteiger partial charge is 0.270 e. The highest BCUT2D eigenvalue weighted by Crippen LogP contribution is 2.36. The fourth-order valence-corrected chi connectivity index (χ4v) is 2.66. The van der Waals surface area contributed by atoms with Crippen LogP contribution in [0.15, 0.2) is 71.4 Å². The van der Waals surface area contributed by atoms with Gasteiger partial charge in [0.1, 0.15) is 11.5 Å². The molecule has 138 valence electrons. The van der Waals surface area contributed by atoms with Gasteiger partial charge < -0.3 is 9.15 Å². The Morgan fingerprint density at radius 2 is 1.79 bits per heavy atom. The predicted octanol–water partition coefficient (Wildman–Crippen LogP) is 5.15. The molecule has 0 N–H and O–H groups in total. The number of nitrogens with zero attached hydrogens (tertiary/aromatic N) is 4. The molecule has 0 saturated heterocycles. The van der Waals surface area contributed by atoms with E-state index in [1.165, 1.54) is 30.6 Å². The topological polar surface area (TPSA) is 104 Å². The molecule has 0 aliphatic heterocycles. The fraction of sp³-hybridized carbons (Fsp3) is 0. The lowest BCUT2D eigenvalue weighted by Gasteiger charge is -2.08. The minimum absolute atomic E-state index is 0.0903. The summed E-state index contributed by atoms with van der Waals surface area (Å²) in [4.78, 5) is 14.6. The van der Waals surface area contributed by atoms with Gasteiger partial charge in [-0.05, 0) is 18.2 Å². The van der Waals surface area contributed by atoms with Gasteiger partial charge in [0.2, 0.25) is 5.89 Å². The summed E-state index contributed by atoms with van der Waals surface area (Å²) in [5, 5.41) is 19.6. The Morgan fingerprint density at radius 3 is 2.54 bits per heavy atom. The van der Waals surface area contributed by atoms with E-state index < -0.39 is 4.92 Å². The predicted molar refractivity (Wildman–Crippen MR) is 101 cm³/mol. The zero-order valence-corrected chi connectivity index (χ0v) is 14.9. The van der Waals surface area contributed by atoms with Gasteiger partial charge in [-0.25, -0.2) is 0 Å². The van der Waals surface area contributed by atoms with Crippen molar-refractivity contribution in [2.75, 3.05) is 0 Å². The van der Waals surface area contributed by atoms with Gasteiger partial charge >= 0.3 is 0 Å². The minimum atomic E-state index is -0.511. The molecule has 0 aliphatic rings. The first-order chi connectivity index (χ1) is 13.6. The molecule has 2 aromatic carbocycles. The van der Waals surface area contributed by atoms with Crippen LogP contribution >= 0.6 is 11.6 Å². The molecule has 0 aliphatic carbocycles. The van der Waals surface area contributed by atoms with E-state index in [9.17, 15) is 10.1 Å². The Hall–Kier alpha value is -3.78. The van der Waals surface area contributed by atoms with Crippen molar-refractivity contribution in [1.82, 2.24) is 15.2 Å². The van der Waals surface area contributed by atoms with Gasteiger partial charge in [0.25, 0.3) is 11.6 Å². The van der Waals surface area contributed by atoms with E-state index in [1.54, 1.807) is 6.07 Å². The van der Waals surface area contributed by atoms with E-state index in [1.807, 2.05) is 30.3 Å². The first kappa shape index (κ1) is 17.6. The number of nitro groups is 1. The Morgan fingerprint density at radius 1 is 1.00 bits per heavy atom. The van der Waals surface area contributed by atoms with Crippen LogP contribution in [0.2, 0.25) is 5.02 Å². The largest absolute Gasteiger partial charge is 0.455 e. The molecule has 0 bridgehead atoms. The number of hydrogen-bond donors (Lipinski definition) is 0. The number of benzene rings is 2. The first-order valence-corrected chi connectivity index (χ1v) is 8.44. The normalized spacial score (nSPS) is 10.6. The van der Waals surface area contributed by atoms with Crippen LogP contribution in [0.4, 0.5) is 5.69 Å². The van der Waals surface area contributed by atoms with Crippen LogP contribution in [0.25, 0.3) is 22.9 Å². The second kappa shape index (κ2) is 7.45. The first-order valence-electron chi connectivity index (χ1n) is 8.06. The zero-order valence-electron chi connectivity index (χ0n) is 14.2. The van der Waals surface area contributed by atoms with Crippen LogP contribution in [0, 0.1) is 10.1 Å². The maximum Gasteiger partial charge on any atom is 0.270 e. The maximum atomic E-state index is 11.2. The molecule has 0 unspecified atom stereocenters. The van der Waals surface area contributed by atoms with Crippen LogP contribution in [0.1, 0.15) is 0 Å².